The zero-order chi connectivity index (χ0) is 21.2. The summed E-state index contributed by atoms with van der Waals surface area (Å²) >= 11 is 0. The molecular formula is C23H30N4O3. The van der Waals surface area contributed by atoms with Gasteiger partial charge in [-0.15, -0.1) is 0 Å². The van der Waals surface area contributed by atoms with Crippen molar-refractivity contribution in [3.8, 4) is 11.5 Å². The maximum absolute atomic E-state index is 12.1. The fourth-order valence-electron chi connectivity index (χ4n) is 3.08. The van der Waals surface area contributed by atoms with Crippen LogP contribution in [0.2, 0.25) is 0 Å². The van der Waals surface area contributed by atoms with Crippen molar-refractivity contribution in [2.45, 2.75) is 32.7 Å². The molecule has 3 N–H and O–H groups in total. The highest BCUT2D eigenvalue weighted by Crippen LogP contribution is 2.32. The molecule has 30 heavy (non-hydrogen) atoms. The average Bonchev–Trinajstić information content (AvgIpc) is 3.24. The van der Waals surface area contributed by atoms with Gasteiger partial charge in [0.25, 0.3) is 5.91 Å². The minimum absolute atomic E-state index is 0.0241. The molecular weight excluding hydrogens is 380 g/mol. The fraction of sp³-hybridized carbons (Fsp3) is 0.391. The van der Waals surface area contributed by atoms with Crippen molar-refractivity contribution < 1.29 is 14.3 Å². The summed E-state index contributed by atoms with van der Waals surface area (Å²) < 4.78 is 10.8. The van der Waals surface area contributed by atoms with Crippen LogP contribution < -0.4 is 25.4 Å². The third kappa shape index (κ3) is 6.14. The number of hydrogen-bond donors (Lipinski definition) is 3. The molecule has 3 rings (SSSR count). The first-order chi connectivity index (χ1) is 14.7. The van der Waals surface area contributed by atoms with Crippen molar-refractivity contribution in [3.63, 3.8) is 0 Å². The van der Waals surface area contributed by atoms with Gasteiger partial charge in [-0.3, -0.25) is 9.79 Å². The Balaban J connectivity index is 1.41. The van der Waals surface area contributed by atoms with Crippen molar-refractivity contribution in [2.24, 2.45) is 4.99 Å². The Morgan fingerprint density at radius 1 is 0.967 bits per heavy atom. The Kier molecular flexibility index (Phi) is 7.94. The summed E-state index contributed by atoms with van der Waals surface area (Å²) in [5.74, 6) is 2.31. The largest absolute Gasteiger partial charge is 0.454 e. The van der Waals surface area contributed by atoms with Gasteiger partial charge in [0, 0.05) is 32.2 Å². The third-order valence-electron chi connectivity index (χ3n) is 4.86. The van der Waals surface area contributed by atoms with Crippen LogP contribution in [-0.4, -0.2) is 38.8 Å². The lowest BCUT2D eigenvalue weighted by atomic mass is 10.1. The van der Waals surface area contributed by atoms with Gasteiger partial charge in [0.1, 0.15) is 0 Å². The zero-order valence-electron chi connectivity index (χ0n) is 17.7. The Hall–Kier alpha value is -3.22. The highest BCUT2D eigenvalue weighted by Gasteiger charge is 2.13. The predicted molar refractivity (Wildman–Crippen MR) is 118 cm³/mol. The highest BCUT2D eigenvalue weighted by atomic mass is 16.7. The lowest BCUT2D eigenvalue weighted by Crippen LogP contribution is -2.37. The minimum Gasteiger partial charge on any atom is -0.454 e. The maximum atomic E-state index is 12.1. The van der Waals surface area contributed by atoms with Gasteiger partial charge >= 0.3 is 0 Å². The molecule has 0 saturated heterocycles. The van der Waals surface area contributed by atoms with E-state index in [4.69, 9.17) is 9.47 Å². The van der Waals surface area contributed by atoms with Crippen LogP contribution in [0.3, 0.4) is 0 Å². The number of carbonyl (C=O) groups excluding carboxylic acids is 1. The van der Waals surface area contributed by atoms with E-state index in [-0.39, 0.29) is 12.7 Å². The topological polar surface area (TPSA) is 84.0 Å². The predicted octanol–water partition coefficient (Wildman–Crippen LogP) is 2.85. The van der Waals surface area contributed by atoms with Crippen LogP contribution in [0.4, 0.5) is 0 Å². The maximum Gasteiger partial charge on any atom is 0.251 e. The molecule has 0 radical (unpaired) electrons. The molecule has 0 unspecified atom stereocenters. The molecule has 7 heteroatoms. The molecule has 2 aromatic carbocycles. The highest BCUT2D eigenvalue weighted by molar-refractivity contribution is 5.94. The Morgan fingerprint density at radius 2 is 1.73 bits per heavy atom. The van der Waals surface area contributed by atoms with E-state index in [1.54, 1.807) is 7.05 Å². The Labute approximate surface area is 177 Å². The molecule has 1 aliphatic heterocycles. The van der Waals surface area contributed by atoms with Crippen LogP contribution in [-0.2, 0) is 13.0 Å². The minimum atomic E-state index is -0.0241. The van der Waals surface area contributed by atoms with Gasteiger partial charge in [0.2, 0.25) is 6.79 Å². The number of benzene rings is 2. The van der Waals surface area contributed by atoms with E-state index >= 15 is 0 Å². The number of nitrogens with zero attached hydrogens (tertiary/aromatic N) is 1. The van der Waals surface area contributed by atoms with Crippen LogP contribution in [0, 0.1) is 0 Å². The average molecular weight is 411 g/mol. The first kappa shape index (κ1) is 21.5. The fourth-order valence-corrected chi connectivity index (χ4v) is 3.08. The van der Waals surface area contributed by atoms with E-state index in [9.17, 15) is 4.79 Å². The van der Waals surface area contributed by atoms with Crippen LogP contribution in [0.5, 0.6) is 11.5 Å². The molecule has 0 aromatic heterocycles. The van der Waals surface area contributed by atoms with Crippen LogP contribution in [0.25, 0.3) is 0 Å². The second kappa shape index (κ2) is 11.1. The summed E-state index contributed by atoms with van der Waals surface area (Å²) in [6.45, 7) is 4.48. The van der Waals surface area contributed by atoms with E-state index in [1.165, 1.54) is 5.56 Å². The molecule has 0 spiro atoms. The van der Waals surface area contributed by atoms with Gasteiger partial charge in [-0.1, -0.05) is 31.5 Å². The van der Waals surface area contributed by atoms with E-state index in [0.717, 1.165) is 48.8 Å². The summed E-state index contributed by atoms with van der Waals surface area (Å²) in [5, 5.41) is 9.55. The van der Waals surface area contributed by atoms with Gasteiger partial charge in [0.15, 0.2) is 17.5 Å². The van der Waals surface area contributed by atoms with Crippen LogP contribution >= 0.6 is 0 Å². The van der Waals surface area contributed by atoms with Crippen molar-refractivity contribution in [2.75, 3.05) is 26.9 Å². The van der Waals surface area contributed by atoms with E-state index in [2.05, 4.69) is 27.9 Å². The van der Waals surface area contributed by atoms with Crippen molar-refractivity contribution in [1.29, 1.82) is 0 Å². The smallest absolute Gasteiger partial charge is 0.251 e. The number of ether oxygens (including phenoxy) is 2. The monoisotopic (exact) mass is 410 g/mol. The number of nitrogens with one attached hydrogen (secondary N) is 3. The standard InChI is InChI=1S/C23H30N4O3/c1-3-4-12-25-22(28)19-8-5-18(6-9-19)15-27-23(24-2)26-13-11-17-7-10-20-21(14-17)30-16-29-20/h5-10,14H,3-4,11-13,15-16H2,1-2H3,(H,25,28)(H2,24,26,27). The number of rotatable bonds is 9. The molecule has 2 aromatic rings. The number of aliphatic imine (C=N–C) groups is 1. The van der Waals surface area contributed by atoms with Crippen LogP contribution in [0.15, 0.2) is 47.5 Å². The van der Waals surface area contributed by atoms with Gasteiger partial charge in [0.05, 0.1) is 0 Å². The Morgan fingerprint density at radius 3 is 2.50 bits per heavy atom. The lowest BCUT2D eigenvalue weighted by molar-refractivity contribution is 0.0953. The SMILES string of the molecule is CCCCNC(=O)c1ccc(CNC(=NC)NCCc2ccc3c(c2)OCO3)cc1. The number of guanidine groups is 1. The molecule has 1 heterocycles. The number of carbonyl (C=O) groups is 1. The first-order valence-electron chi connectivity index (χ1n) is 10.4. The van der Waals surface area contributed by atoms with E-state index in [1.807, 2.05) is 42.5 Å². The second-order valence-corrected chi connectivity index (χ2v) is 7.10. The van der Waals surface area contributed by atoms with Gasteiger partial charge in [-0.2, -0.15) is 0 Å². The second-order valence-electron chi connectivity index (χ2n) is 7.10. The molecule has 7 nitrogen and oxygen atoms in total. The number of fused-ring (bicyclic) bond motifs is 1. The van der Waals surface area contributed by atoms with Gasteiger partial charge < -0.3 is 25.4 Å². The molecule has 0 saturated carbocycles. The quantitative estimate of drug-likeness (QED) is 0.336. The summed E-state index contributed by atoms with van der Waals surface area (Å²) in [4.78, 5) is 16.3. The molecule has 0 fully saturated rings. The lowest BCUT2D eigenvalue weighted by Gasteiger charge is -2.12. The molecule has 0 bridgehead atoms. The summed E-state index contributed by atoms with van der Waals surface area (Å²) in [6, 6.07) is 13.6. The van der Waals surface area contributed by atoms with E-state index in [0.29, 0.717) is 18.7 Å². The van der Waals surface area contributed by atoms with Crippen molar-refractivity contribution in [3.05, 3.63) is 59.2 Å². The zero-order valence-corrected chi connectivity index (χ0v) is 17.7. The molecule has 0 atom stereocenters. The molecule has 1 aliphatic rings. The van der Waals surface area contributed by atoms with Crippen molar-refractivity contribution >= 4 is 11.9 Å². The summed E-state index contributed by atoms with van der Waals surface area (Å²) in [5.41, 5.74) is 2.94. The van der Waals surface area contributed by atoms with Gasteiger partial charge in [-0.25, -0.2) is 0 Å². The van der Waals surface area contributed by atoms with Crippen LogP contribution in [0.1, 0.15) is 41.3 Å². The van der Waals surface area contributed by atoms with E-state index < -0.39 is 0 Å². The molecule has 1 amide bonds. The number of unbranched alkanes of at least 4 members (excludes halogenated alkanes) is 1. The normalized spacial score (nSPS) is 12.5. The van der Waals surface area contributed by atoms with Gasteiger partial charge in [-0.05, 0) is 48.2 Å². The Bertz CT molecular complexity index is 865. The molecule has 0 aliphatic carbocycles. The van der Waals surface area contributed by atoms with Crippen molar-refractivity contribution in [1.82, 2.24) is 16.0 Å². The summed E-state index contributed by atoms with van der Waals surface area (Å²) in [6.07, 6.45) is 2.91. The number of amides is 1. The number of hydrogen-bond acceptors (Lipinski definition) is 4. The third-order valence-corrected chi connectivity index (χ3v) is 4.86. The first-order valence-corrected chi connectivity index (χ1v) is 10.4. The summed E-state index contributed by atoms with van der Waals surface area (Å²) in [7, 11) is 1.75. The molecule has 160 valence electrons.